The zero-order valence-electron chi connectivity index (χ0n) is 8.14. The third kappa shape index (κ3) is 1.20. The lowest BCUT2D eigenvalue weighted by Gasteiger charge is -2.03. The second kappa shape index (κ2) is 2.91. The first kappa shape index (κ1) is 9.38. The molecule has 2 aromatic rings. The maximum absolute atomic E-state index is 11.6. The standard InChI is InChI=1S/C8H8N4O3/c1-11-4(13)3-9-5-6(11)10-8(15)12(2)7(5)14/h3H,1-2H3,(H,10,15). The number of hydrogen-bond donors (Lipinski definition) is 1. The highest BCUT2D eigenvalue weighted by Crippen LogP contribution is 1.94. The molecule has 15 heavy (non-hydrogen) atoms. The monoisotopic (exact) mass is 208 g/mol. The van der Waals surface area contributed by atoms with Crippen LogP contribution in [0, 0.1) is 0 Å². The van der Waals surface area contributed by atoms with E-state index in [1.54, 1.807) is 0 Å². The third-order valence-electron chi connectivity index (χ3n) is 2.23. The van der Waals surface area contributed by atoms with Crippen LogP contribution in [0.3, 0.4) is 0 Å². The van der Waals surface area contributed by atoms with Gasteiger partial charge in [-0.3, -0.25) is 23.7 Å². The normalized spacial score (nSPS) is 10.8. The minimum Gasteiger partial charge on any atom is -0.294 e. The summed E-state index contributed by atoms with van der Waals surface area (Å²) in [7, 11) is 2.80. The van der Waals surface area contributed by atoms with E-state index in [4.69, 9.17) is 0 Å². The highest BCUT2D eigenvalue weighted by molar-refractivity contribution is 5.67. The summed E-state index contributed by atoms with van der Waals surface area (Å²) in [5.74, 6) is 0. The highest BCUT2D eigenvalue weighted by Gasteiger charge is 2.08. The van der Waals surface area contributed by atoms with Crippen molar-refractivity contribution in [1.82, 2.24) is 19.1 Å². The quantitative estimate of drug-likeness (QED) is 0.560. The lowest BCUT2D eigenvalue weighted by Crippen LogP contribution is -2.35. The summed E-state index contributed by atoms with van der Waals surface area (Å²) in [5.41, 5.74) is -1.28. The number of nitrogens with zero attached hydrogens (tertiary/aromatic N) is 3. The lowest BCUT2D eigenvalue weighted by molar-refractivity contribution is 0.767. The minimum atomic E-state index is -0.574. The van der Waals surface area contributed by atoms with Crippen LogP contribution in [0.1, 0.15) is 0 Å². The second-order valence-electron chi connectivity index (χ2n) is 3.15. The summed E-state index contributed by atoms with van der Waals surface area (Å²) in [5, 5.41) is 0. The van der Waals surface area contributed by atoms with Gasteiger partial charge in [0.25, 0.3) is 11.1 Å². The second-order valence-corrected chi connectivity index (χ2v) is 3.15. The number of aryl methyl sites for hydroxylation is 1. The predicted molar refractivity (Wildman–Crippen MR) is 52.8 cm³/mol. The third-order valence-corrected chi connectivity index (χ3v) is 2.23. The van der Waals surface area contributed by atoms with Crippen molar-refractivity contribution in [3.8, 4) is 0 Å². The SMILES string of the molecule is Cn1c(=O)[nH]c2c(ncc(=O)n2C)c1=O. The van der Waals surface area contributed by atoms with Gasteiger partial charge in [-0.1, -0.05) is 0 Å². The molecule has 0 amide bonds. The van der Waals surface area contributed by atoms with Gasteiger partial charge in [0.2, 0.25) is 0 Å². The van der Waals surface area contributed by atoms with E-state index in [1.165, 1.54) is 18.7 Å². The Hall–Kier alpha value is -2.18. The first-order chi connectivity index (χ1) is 7.02. The van der Waals surface area contributed by atoms with Crippen LogP contribution in [0.2, 0.25) is 0 Å². The van der Waals surface area contributed by atoms with Crippen LogP contribution >= 0.6 is 0 Å². The molecule has 0 unspecified atom stereocenters. The molecular weight excluding hydrogens is 200 g/mol. The number of aromatic nitrogens is 4. The summed E-state index contributed by atoms with van der Waals surface area (Å²) in [4.78, 5) is 40.2. The minimum absolute atomic E-state index is 0.0687. The van der Waals surface area contributed by atoms with Gasteiger partial charge in [0, 0.05) is 14.1 Å². The molecule has 7 heteroatoms. The fraction of sp³-hybridized carbons (Fsp3) is 0.250. The van der Waals surface area contributed by atoms with Crippen LogP contribution in [-0.4, -0.2) is 19.1 Å². The highest BCUT2D eigenvalue weighted by atomic mass is 16.2. The molecule has 2 heterocycles. The topological polar surface area (TPSA) is 89.8 Å². The number of nitrogens with one attached hydrogen (secondary N) is 1. The Kier molecular flexibility index (Phi) is 1.82. The van der Waals surface area contributed by atoms with Crippen molar-refractivity contribution < 1.29 is 0 Å². The molecule has 0 aliphatic rings. The van der Waals surface area contributed by atoms with Crippen molar-refractivity contribution in [2.45, 2.75) is 0 Å². The number of aromatic amines is 1. The Morgan fingerprint density at radius 1 is 1.20 bits per heavy atom. The smallest absolute Gasteiger partial charge is 0.294 e. The molecule has 0 aromatic carbocycles. The first-order valence-electron chi connectivity index (χ1n) is 4.17. The summed E-state index contributed by atoms with van der Waals surface area (Å²) in [6, 6.07) is 0. The molecule has 7 nitrogen and oxygen atoms in total. The van der Waals surface area contributed by atoms with Crippen molar-refractivity contribution in [1.29, 1.82) is 0 Å². The van der Waals surface area contributed by atoms with E-state index in [1.807, 2.05) is 0 Å². The number of hydrogen-bond acceptors (Lipinski definition) is 4. The molecule has 0 aliphatic heterocycles. The Bertz CT molecular complexity index is 706. The average Bonchev–Trinajstić information content (AvgIpc) is 2.21. The maximum Gasteiger partial charge on any atom is 0.329 e. The van der Waals surface area contributed by atoms with Gasteiger partial charge in [0.1, 0.15) is 5.65 Å². The van der Waals surface area contributed by atoms with Crippen LogP contribution in [0.4, 0.5) is 0 Å². The molecule has 0 atom stereocenters. The number of H-pyrrole nitrogens is 1. The molecule has 0 fully saturated rings. The largest absolute Gasteiger partial charge is 0.329 e. The Morgan fingerprint density at radius 2 is 1.87 bits per heavy atom. The first-order valence-corrected chi connectivity index (χ1v) is 4.17. The molecule has 2 aromatic heterocycles. The Morgan fingerprint density at radius 3 is 2.53 bits per heavy atom. The molecule has 0 spiro atoms. The fourth-order valence-electron chi connectivity index (χ4n) is 1.27. The van der Waals surface area contributed by atoms with Gasteiger partial charge < -0.3 is 0 Å². The maximum atomic E-state index is 11.6. The molecule has 0 aliphatic carbocycles. The van der Waals surface area contributed by atoms with Crippen LogP contribution in [-0.2, 0) is 14.1 Å². The van der Waals surface area contributed by atoms with Gasteiger partial charge in [-0.15, -0.1) is 0 Å². The Labute approximate surface area is 82.6 Å². The van der Waals surface area contributed by atoms with E-state index in [0.717, 1.165) is 10.8 Å². The lowest BCUT2D eigenvalue weighted by atomic mass is 10.5. The zero-order valence-corrected chi connectivity index (χ0v) is 8.14. The van der Waals surface area contributed by atoms with Gasteiger partial charge in [0.05, 0.1) is 6.20 Å². The summed E-state index contributed by atoms with van der Waals surface area (Å²) >= 11 is 0. The van der Waals surface area contributed by atoms with Gasteiger partial charge >= 0.3 is 5.69 Å². The van der Waals surface area contributed by atoms with E-state index in [-0.39, 0.29) is 16.7 Å². The molecule has 0 saturated carbocycles. The molecule has 0 bridgehead atoms. The average molecular weight is 208 g/mol. The molecule has 0 radical (unpaired) electrons. The number of rotatable bonds is 0. The van der Waals surface area contributed by atoms with Crippen LogP contribution < -0.4 is 16.8 Å². The van der Waals surface area contributed by atoms with Crippen LogP contribution in [0.5, 0.6) is 0 Å². The summed E-state index contributed by atoms with van der Waals surface area (Å²) < 4.78 is 2.07. The van der Waals surface area contributed by atoms with E-state index >= 15 is 0 Å². The van der Waals surface area contributed by atoms with Crippen molar-refractivity contribution >= 4 is 11.2 Å². The molecule has 0 saturated heterocycles. The Balaban J connectivity index is 3.20. The van der Waals surface area contributed by atoms with Crippen LogP contribution in [0.15, 0.2) is 20.6 Å². The van der Waals surface area contributed by atoms with Gasteiger partial charge in [-0.25, -0.2) is 9.78 Å². The van der Waals surface area contributed by atoms with Crippen molar-refractivity contribution in [3.63, 3.8) is 0 Å². The number of fused-ring (bicyclic) bond motifs is 1. The summed E-state index contributed by atoms with van der Waals surface area (Å²) in [6.07, 6.45) is 1.04. The van der Waals surface area contributed by atoms with Crippen molar-refractivity contribution in [2.24, 2.45) is 14.1 Å². The molecular formula is C8H8N4O3. The van der Waals surface area contributed by atoms with Crippen molar-refractivity contribution in [2.75, 3.05) is 0 Å². The van der Waals surface area contributed by atoms with E-state index in [9.17, 15) is 14.4 Å². The fourth-order valence-corrected chi connectivity index (χ4v) is 1.27. The predicted octanol–water partition coefficient (Wildman–Crippen LogP) is -1.68. The van der Waals surface area contributed by atoms with E-state index in [0.29, 0.717) is 0 Å². The van der Waals surface area contributed by atoms with E-state index < -0.39 is 11.2 Å². The summed E-state index contributed by atoms with van der Waals surface area (Å²) in [6.45, 7) is 0. The van der Waals surface area contributed by atoms with Gasteiger partial charge in [-0.05, 0) is 0 Å². The van der Waals surface area contributed by atoms with Crippen molar-refractivity contribution in [3.05, 3.63) is 37.4 Å². The zero-order chi connectivity index (χ0) is 11.2. The van der Waals surface area contributed by atoms with Gasteiger partial charge in [-0.2, -0.15) is 0 Å². The molecule has 1 N–H and O–H groups in total. The van der Waals surface area contributed by atoms with Crippen LogP contribution in [0.25, 0.3) is 11.2 Å². The molecule has 78 valence electrons. The van der Waals surface area contributed by atoms with E-state index in [2.05, 4.69) is 9.97 Å². The molecule has 2 rings (SSSR count). The van der Waals surface area contributed by atoms with Gasteiger partial charge in [0.15, 0.2) is 5.52 Å².